The summed E-state index contributed by atoms with van der Waals surface area (Å²) in [4.78, 5) is 18.8. The van der Waals surface area contributed by atoms with Crippen molar-refractivity contribution in [2.75, 3.05) is 18.2 Å². The van der Waals surface area contributed by atoms with Gasteiger partial charge in [-0.15, -0.1) is 0 Å². The van der Waals surface area contributed by atoms with Gasteiger partial charge in [0.25, 0.3) is 5.96 Å². The number of nitrogens with zero attached hydrogens (tertiary/aromatic N) is 5. The summed E-state index contributed by atoms with van der Waals surface area (Å²) < 4.78 is 0. The molecular weight excluding hydrogens is 356 g/mol. The summed E-state index contributed by atoms with van der Waals surface area (Å²) in [6.07, 6.45) is 1.65. The minimum atomic E-state index is -0.692. The van der Waals surface area contributed by atoms with E-state index in [1.165, 1.54) is 5.56 Å². The van der Waals surface area contributed by atoms with Crippen molar-refractivity contribution >= 4 is 23.2 Å². The summed E-state index contributed by atoms with van der Waals surface area (Å²) >= 11 is 5.83. The first-order chi connectivity index (χ1) is 12.4. The lowest BCUT2D eigenvalue weighted by molar-refractivity contribution is -0.486. The van der Waals surface area contributed by atoms with Crippen molar-refractivity contribution in [2.45, 2.75) is 20.4 Å². The van der Waals surface area contributed by atoms with Crippen LogP contribution in [0.1, 0.15) is 16.7 Å². The number of guanidine groups is 1. The topological polar surface area (TPSA) is 86.9 Å². The van der Waals surface area contributed by atoms with Gasteiger partial charge in [-0.25, -0.2) is 15.1 Å². The molecule has 1 aliphatic heterocycles. The summed E-state index contributed by atoms with van der Waals surface area (Å²) in [5.41, 5.74) is 4.29. The number of aromatic nitrogens is 1. The predicted octanol–water partition coefficient (Wildman–Crippen LogP) is 2.73. The van der Waals surface area contributed by atoms with Crippen LogP contribution in [0.4, 0.5) is 5.69 Å². The lowest BCUT2D eigenvalue weighted by Gasteiger charge is -2.39. The van der Waals surface area contributed by atoms with E-state index in [4.69, 9.17) is 11.6 Å². The van der Waals surface area contributed by atoms with Gasteiger partial charge in [0, 0.05) is 18.4 Å². The maximum Gasteiger partial charge on any atom is 0.274 e. The molecule has 26 heavy (non-hydrogen) atoms. The van der Waals surface area contributed by atoms with Crippen LogP contribution < -0.4 is 10.2 Å². The van der Waals surface area contributed by atoms with Gasteiger partial charge in [-0.2, -0.15) is 0 Å². The summed E-state index contributed by atoms with van der Waals surface area (Å²) in [5.74, 6) is 0.228. The number of halogens is 1. The Labute approximate surface area is 156 Å². The number of nitro groups is 1. The average molecular weight is 375 g/mol. The molecule has 0 spiro atoms. The average Bonchev–Trinajstić information content (AvgIpc) is 2.58. The first kappa shape index (κ1) is 17.9. The van der Waals surface area contributed by atoms with Crippen LogP contribution in [0.3, 0.4) is 0 Å². The van der Waals surface area contributed by atoms with Gasteiger partial charge in [-0.1, -0.05) is 35.4 Å². The molecule has 0 radical (unpaired) electrons. The van der Waals surface area contributed by atoms with Gasteiger partial charge in [-0.05, 0) is 37.1 Å². The molecule has 0 bridgehead atoms. The Balaban J connectivity index is 1.85. The van der Waals surface area contributed by atoms with Gasteiger partial charge in [0.1, 0.15) is 10.3 Å². The van der Waals surface area contributed by atoms with E-state index in [0.717, 1.165) is 16.8 Å². The Kier molecular flexibility index (Phi) is 5.22. The molecule has 3 rings (SSSR count). The van der Waals surface area contributed by atoms with Crippen LogP contribution in [-0.2, 0) is 6.54 Å². The van der Waals surface area contributed by atoms with Crippen molar-refractivity contribution < 1.29 is 5.03 Å². The minimum Gasteiger partial charge on any atom is -0.336 e. The molecule has 0 unspecified atom stereocenters. The van der Waals surface area contributed by atoms with E-state index in [0.29, 0.717) is 25.0 Å². The summed E-state index contributed by atoms with van der Waals surface area (Å²) in [7, 11) is 0. The Morgan fingerprint density at radius 2 is 2.15 bits per heavy atom. The fourth-order valence-corrected chi connectivity index (χ4v) is 3.06. The Bertz CT molecular complexity index is 840. The maximum atomic E-state index is 10.9. The van der Waals surface area contributed by atoms with Crippen LogP contribution in [0.15, 0.2) is 41.6 Å². The Morgan fingerprint density at radius 3 is 2.81 bits per heavy atom. The second kappa shape index (κ2) is 7.57. The molecular formula is C17H19ClN6O2. The van der Waals surface area contributed by atoms with Gasteiger partial charge in [0.15, 0.2) is 5.03 Å². The lowest BCUT2D eigenvalue weighted by Crippen LogP contribution is -2.57. The summed E-state index contributed by atoms with van der Waals surface area (Å²) in [5, 5.41) is 17.1. The first-order valence-corrected chi connectivity index (χ1v) is 8.44. The van der Waals surface area contributed by atoms with Gasteiger partial charge < -0.3 is 15.1 Å². The molecule has 1 fully saturated rings. The number of hydrogen-bond acceptors (Lipinski definition) is 4. The van der Waals surface area contributed by atoms with Gasteiger partial charge >= 0.3 is 0 Å². The van der Waals surface area contributed by atoms with E-state index in [1.807, 2.05) is 13.0 Å². The van der Waals surface area contributed by atoms with E-state index in [9.17, 15) is 10.1 Å². The number of hydrogen-bond donors (Lipinski definition) is 1. The van der Waals surface area contributed by atoms with E-state index in [-0.39, 0.29) is 5.96 Å². The molecule has 2 heterocycles. The van der Waals surface area contributed by atoms with E-state index in [2.05, 4.69) is 45.4 Å². The van der Waals surface area contributed by atoms with Crippen molar-refractivity contribution in [2.24, 2.45) is 5.10 Å². The van der Waals surface area contributed by atoms with Crippen molar-refractivity contribution in [3.05, 3.63) is 68.5 Å². The second-order valence-electron chi connectivity index (χ2n) is 6.15. The standard InChI is InChI=1S/C17H19ClN6O2/c1-12-3-5-15(13(2)7-12)23-10-20-17(21-24(25)26)22(11-23)9-14-4-6-16(18)19-8-14/h3-8H,9-11H2,1-2H3,(H,20,21). The molecule has 1 aromatic carbocycles. The second-order valence-corrected chi connectivity index (χ2v) is 6.54. The Hall–Kier alpha value is -2.87. The van der Waals surface area contributed by atoms with Crippen LogP contribution in [-0.4, -0.2) is 34.2 Å². The zero-order chi connectivity index (χ0) is 18.7. The maximum absolute atomic E-state index is 10.9. The number of hydrazone groups is 1. The number of aryl methyl sites for hydroxylation is 2. The van der Waals surface area contributed by atoms with Crippen molar-refractivity contribution in [1.29, 1.82) is 0 Å². The van der Waals surface area contributed by atoms with Crippen LogP contribution in [0.25, 0.3) is 0 Å². The number of pyridine rings is 1. The highest BCUT2D eigenvalue weighted by Crippen LogP contribution is 2.23. The third-order valence-corrected chi connectivity index (χ3v) is 4.32. The molecule has 0 amide bonds. The molecule has 2 aromatic rings. The van der Waals surface area contributed by atoms with Gasteiger partial charge in [-0.3, -0.25) is 0 Å². The fourth-order valence-electron chi connectivity index (χ4n) is 2.94. The minimum absolute atomic E-state index is 0.228. The molecule has 136 valence electrons. The van der Waals surface area contributed by atoms with E-state index < -0.39 is 5.03 Å². The van der Waals surface area contributed by atoms with Gasteiger partial charge in [0.05, 0.1) is 13.3 Å². The summed E-state index contributed by atoms with van der Waals surface area (Å²) in [6, 6.07) is 9.76. The SMILES string of the molecule is Cc1ccc(N2CN/C(=N/[N+](=O)[O-])N(Cc3ccc(Cl)nc3)C2)c(C)c1. The van der Waals surface area contributed by atoms with Crippen LogP contribution in [0, 0.1) is 24.0 Å². The molecule has 1 aromatic heterocycles. The van der Waals surface area contributed by atoms with Crippen molar-refractivity contribution in [3.8, 4) is 0 Å². The number of nitrogens with one attached hydrogen (secondary N) is 1. The van der Waals surface area contributed by atoms with E-state index in [1.54, 1.807) is 17.2 Å². The number of rotatable bonds is 4. The third-order valence-electron chi connectivity index (χ3n) is 4.10. The highest BCUT2D eigenvalue weighted by molar-refractivity contribution is 6.29. The monoisotopic (exact) mass is 374 g/mol. The number of benzene rings is 1. The Morgan fingerprint density at radius 1 is 1.35 bits per heavy atom. The fraction of sp³-hybridized carbons (Fsp3) is 0.294. The van der Waals surface area contributed by atoms with Crippen molar-refractivity contribution in [1.82, 2.24) is 15.2 Å². The number of anilines is 1. The quantitative estimate of drug-likeness (QED) is 0.503. The molecule has 0 aliphatic carbocycles. The molecule has 1 saturated heterocycles. The highest BCUT2D eigenvalue weighted by Gasteiger charge is 2.25. The molecule has 8 nitrogen and oxygen atoms in total. The smallest absolute Gasteiger partial charge is 0.274 e. The zero-order valence-corrected chi connectivity index (χ0v) is 15.3. The summed E-state index contributed by atoms with van der Waals surface area (Å²) in [6.45, 7) is 5.42. The predicted molar refractivity (Wildman–Crippen MR) is 100 cm³/mol. The van der Waals surface area contributed by atoms with Crippen LogP contribution in [0.5, 0.6) is 0 Å². The van der Waals surface area contributed by atoms with Crippen LogP contribution >= 0.6 is 11.6 Å². The lowest BCUT2D eigenvalue weighted by atomic mass is 10.1. The molecule has 9 heteroatoms. The normalized spacial score (nSPS) is 15.9. The molecule has 1 N–H and O–H groups in total. The highest BCUT2D eigenvalue weighted by atomic mass is 35.5. The van der Waals surface area contributed by atoms with Gasteiger partial charge in [0.2, 0.25) is 0 Å². The molecule has 0 saturated carbocycles. The van der Waals surface area contributed by atoms with Crippen molar-refractivity contribution in [3.63, 3.8) is 0 Å². The zero-order valence-electron chi connectivity index (χ0n) is 14.5. The largest absolute Gasteiger partial charge is 0.336 e. The first-order valence-electron chi connectivity index (χ1n) is 8.07. The van der Waals surface area contributed by atoms with Crippen LogP contribution in [0.2, 0.25) is 5.15 Å². The third kappa shape index (κ3) is 4.20. The molecule has 1 aliphatic rings. The van der Waals surface area contributed by atoms with E-state index >= 15 is 0 Å². The molecule has 0 atom stereocenters.